The van der Waals surface area contributed by atoms with Gasteiger partial charge < -0.3 is 5.11 Å². The minimum atomic E-state index is -3.35. The van der Waals surface area contributed by atoms with Gasteiger partial charge in [-0.25, -0.2) is 0 Å². The first-order valence-corrected chi connectivity index (χ1v) is 3.73. The van der Waals surface area contributed by atoms with E-state index in [0.29, 0.717) is 0 Å². The number of hydrogen-bond acceptors (Lipinski definition) is 4. The minimum absolute atomic E-state index is 0.0810. The van der Waals surface area contributed by atoms with Crippen LogP contribution in [0.3, 0.4) is 0 Å². The molecule has 1 heterocycles. The highest BCUT2D eigenvalue weighted by molar-refractivity contribution is 7.87. The maximum Gasteiger partial charge on any atom is 0.270 e. The van der Waals surface area contributed by atoms with E-state index in [1.54, 1.807) is 0 Å². The molecule has 4 nitrogen and oxygen atoms in total. The highest BCUT2D eigenvalue weighted by Gasteiger charge is 2.26. The van der Waals surface area contributed by atoms with Crippen LogP contribution in [0.2, 0.25) is 0 Å². The average Bonchev–Trinajstić information content (AvgIpc) is 1.82. The first kappa shape index (κ1) is 6.00. The Morgan fingerprint density at radius 3 is 2.38 bits per heavy atom. The molecule has 0 spiro atoms. The molecule has 48 valence electrons. The zero-order valence-corrected chi connectivity index (χ0v) is 4.89. The predicted octanol–water partition coefficient (Wildman–Crippen LogP) is -1.29. The molecule has 1 saturated heterocycles. The van der Waals surface area contributed by atoms with Crippen LogP contribution in [0.15, 0.2) is 0 Å². The standard InChI is InChI=1S/C3H6O4S/c4-3-1-7-8(5,6)2-3/h3-4H,1-2H2. The number of rotatable bonds is 0. The van der Waals surface area contributed by atoms with E-state index >= 15 is 0 Å². The zero-order valence-electron chi connectivity index (χ0n) is 4.07. The Morgan fingerprint density at radius 1 is 1.62 bits per heavy atom. The number of hydrogen-bond donors (Lipinski definition) is 1. The van der Waals surface area contributed by atoms with Gasteiger partial charge in [0.25, 0.3) is 10.1 Å². The lowest BCUT2D eigenvalue weighted by atomic mass is 10.5. The van der Waals surface area contributed by atoms with Crippen molar-refractivity contribution in [3.63, 3.8) is 0 Å². The van der Waals surface area contributed by atoms with E-state index in [4.69, 9.17) is 5.11 Å². The summed E-state index contributed by atoms with van der Waals surface area (Å²) in [5, 5.41) is 8.56. The fourth-order valence-corrected chi connectivity index (χ4v) is 1.54. The Balaban J connectivity index is 2.71. The molecule has 0 aromatic carbocycles. The van der Waals surface area contributed by atoms with Crippen LogP contribution in [0.1, 0.15) is 0 Å². The fraction of sp³-hybridized carbons (Fsp3) is 1.00. The summed E-state index contributed by atoms with van der Waals surface area (Å²) in [7, 11) is -3.35. The van der Waals surface area contributed by atoms with Crippen LogP contribution in [-0.4, -0.2) is 32.0 Å². The van der Waals surface area contributed by atoms with Crippen molar-refractivity contribution in [2.24, 2.45) is 0 Å². The lowest BCUT2D eigenvalue weighted by Gasteiger charge is -1.86. The molecule has 1 atom stereocenters. The third-order valence-corrected chi connectivity index (χ3v) is 2.12. The molecule has 0 aromatic heterocycles. The summed E-state index contributed by atoms with van der Waals surface area (Å²) in [5.41, 5.74) is 0. The van der Waals surface area contributed by atoms with Crippen molar-refractivity contribution >= 4 is 10.1 Å². The lowest BCUT2D eigenvalue weighted by molar-refractivity contribution is 0.157. The summed E-state index contributed by atoms with van der Waals surface area (Å²) in [5.74, 6) is -0.257. The Bertz CT molecular complexity index is 170. The smallest absolute Gasteiger partial charge is 0.270 e. The van der Waals surface area contributed by atoms with Gasteiger partial charge in [-0.3, -0.25) is 4.18 Å². The van der Waals surface area contributed by atoms with Crippen molar-refractivity contribution in [2.75, 3.05) is 12.4 Å². The third-order valence-electron chi connectivity index (χ3n) is 0.836. The molecule has 1 unspecified atom stereocenters. The van der Waals surface area contributed by atoms with Gasteiger partial charge in [-0.05, 0) is 0 Å². The monoisotopic (exact) mass is 138 g/mol. The molecule has 5 heteroatoms. The van der Waals surface area contributed by atoms with Gasteiger partial charge in [-0.15, -0.1) is 0 Å². The Hall–Kier alpha value is -0.130. The summed E-state index contributed by atoms with van der Waals surface area (Å²) >= 11 is 0. The molecule has 8 heavy (non-hydrogen) atoms. The van der Waals surface area contributed by atoms with Crippen molar-refractivity contribution in [3.05, 3.63) is 0 Å². The average molecular weight is 138 g/mol. The summed E-state index contributed by atoms with van der Waals surface area (Å²) in [6.45, 7) is -0.0810. The third kappa shape index (κ3) is 1.18. The van der Waals surface area contributed by atoms with Crippen molar-refractivity contribution < 1.29 is 17.7 Å². The van der Waals surface area contributed by atoms with E-state index in [2.05, 4.69) is 4.18 Å². The normalized spacial score (nSPS) is 35.4. The zero-order chi connectivity index (χ0) is 6.20. The molecule has 0 aromatic rings. The molecule has 0 radical (unpaired) electrons. The quantitative estimate of drug-likeness (QED) is 0.423. The first-order chi connectivity index (χ1) is 3.60. The largest absolute Gasteiger partial charge is 0.390 e. The molecule has 1 aliphatic rings. The number of aliphatic hydroxyl groups is 1. The van der Waals surface area contributed by atoms with Gasteiger partial charge in [0, 0.05) is 0 Å². The van der Waals surface area contributed by atoms with Gasteiger partial charge in [-0.1, -0.05) is 0 Å². The predicted molar refractivity (Wildman–Crippen MR) is 25.7 cm³/mol. The molecule has 1 rings (SSSR count). The second kappa shape index (κ2) is 1.68. The van der Waals surface area contributed by atoms with Crippen LogP contribution in [0.5, 0.6) is 0 Å². The van der Waals surface area contributed by atoms with Crippen molar-refractivity contribution in [1.29, 1.82) is 0 Å². The Labute approximate surface area is 47.2 Å². The Morgan fingerprint density at radius 2 is 2.25 bits per heavy atom. The van der Waals surface area contributed by atoms with E-state index in [-0.39, 0.29) is 12.4 Å². The van der Waals surface area contributed by atoms with Crippen molar-refractivity contribution in [1.82, 2.24) is 0 Å². The second-order valence-corrected chi connectivity index (χ2v) is 3.35. The molecular formula is C3H6O4S. The molecule has 0 bridgehead atoms. The van der Waals surface area contributed by atoms with Crippen molar-refractivity contribution in [2.45, 2.75) is 6.10 Å². The van der Waals surface area contributed by atoms with Crippen LogP contribution in [0, 0.1) is 0 Å². The molecule has 0 saturated carbocycles. The van der Waals surface area contributed by atoms with Crippen LogP contribution < -0.4 is 0 Å². The summed E-state index contributed by atoms with van der Waals surface area (Å²) in [6, 6.07) is 0. The van der Waals surface area contributed by atoms with Crippen LogP contribution >= 0.6 is 0 Å². The minimum Gasteiger partial charge on any atom is -0.390 e. The van der Waals surface area contributed by atoms with Gasteiger partial charge in [0.1, 0.15) is 5.75 Å². The molecule has 1 aliphatic heterocycles. The molecule has 0 amide bonds. The summed E-state index contributed by atoms with van der Waals surface area (Å²) < 4.78 is 24.7. The maximum atomic E-state index is 10.3. The summed E-state index contributed by atoms with van der Waals surface area (Å²) in [4.78, 5) is 0. The molecule has 0 aliphatic carbocycles. The fourth-order valence-electron chi connectivity index (χ4n) is 0.514. The maximum absolute atomic E-state index is 10.3. The topological polar surface area (TPSA) is 63.6 Å². The first-order valence-electron chi connectivity index (χ1n) is 2.15. The van der Waals surface area contributed by atoms with E-state index in [1.807, 2.05) is 0 Å². The van der Waals surface area contributed by atoms with Gasteiger partial charge in [-0.2, -0.15) is 8.42 Å². The van der Waals surface area contributed by atoms with E-state index in [0.717, 1.165) is 0 Å². The van der Waals surface area contributed by atoms with Crippen LogP contribution in [0.4, 0.5) is 0 Å². The highest BCUT2D eigenvalue weighted by Crippen LogP contribution is 2.06. The molecule has 1 N–H and O–H groups in total. The van der Waals surface area contributed by atoms with E-state index < -0.39 is 16.2 Å². The summed E-state index contributed by atoms with van der Waals surface area (Å²) in [6.07, 6.45) is -0.819. The highest BCUT2D eigenvalue weighted by atomic mass is 32.2. The van der Waals surface area contributed by atoms with Gasteiger partial charge >= 0.3 is 0 Å². The lowest BCUT2D eigenvalue weighted by Crippen LogP contribution is -2.09. The molecule has 1 fully saturated rings. The van der Waals surface area contributed by atoms with Gasteiger partial charge in [0.2, 0.25) is 0 Å². The van der Waals surface area contributed by atoms with Gasteiger partial charge in [0.05, 0.1) is 12.7 Å². The molecular weight excluding hydrogens is 132 g/mol. The van der Waals surface area contributed by atoms with E-state index in [9.17, 15) is 8.42 Å². The Kier molecular flexibility index (Phi) is 1.26. The van der Waals surface area contributed by atoms with Crippen LogP contribution in [0.25, 0.3) is 0 Å². The van der Waals surface area contributed by atoms with Gasteiger partial charge in [0.15, 0.2) is 0 Å². The van der Waals surface area contributed by atoms with E-state index in [1.165, 1.54) is 0 Å². The second-order valence-electron chi connectivity index (χ2n) is 1.66. The SMILES string of the molecule is O=S1(=O)CC(O)CO1. The van der Waals surface area contributed by atoms with Crippen molar-refractivity contribution in [3.8, 4) is 0 Å². The number of aliphatic hydroxyl groups excluding tert-OH is 1. The van der Waals surface area contributed by atoms with Crippen LogP contribution in [-0.2, 0) is 14.3 Å².